The second-order valence-electron chi connectivity index (χ2n) is 3.92. The molecule has 1 fully saturated rings. The largest absolute Gasteiger partial charge is 0.394 e. The number of rotatable bonds is 7. The summed E-state index contributed by atoms with van der Waals surface area (Å²) in [5.41, 5.74) is 0.0765. The Balaban J connectivity index is 1.98. The van der Waals surface area contributed by atoms with Crippen molar-refractivity contribution in [2.24, 2.45) is 0 Å². The van der Waals surface area contributed by atoms with E-state index in [0.29, 0.717) is 0 Å². The van der Waals surface area contributed by atoms with Crippen molar-refractivity contribution in [1.29, 1.82) is 0 Å². The van der Waals surface area contributed by atoms with E-state index < -0.39 is 0 Å². The molecule has 0 radical (unpaired) electrons. The molecule has 1 aliphatic carbocycles. The molecule has 1 saturated carbocycles. The zero-order valence-electron chi connectivity index (χ0n) is 8.51. The van der Waals surface area contributed by atoms with Crippen LogP contribution in [0.4, 0.5) is 0 Å². The summed E-state index contributed by atoms with van der Waals surface area (Å²) in [6.07, 6.45) is 5.76. The standard InChI is InChI=1S/C10H21NO2/c1-13-8-3-2-7-11-10(9-12)5-4-6-10/h11-12H,2-9H2,1H3. The van der Waals surface area contributed by atoms with Crippen molar-refractivity contribution >= 4 is 0 Å². The molecule has 13 heavy (non-hydrogen) atoms. The normalized spacial score (nSPS) is 19.8. The van der Waals surface area contributed by atoms with Gasteiger partial charge < -0.3 is 15.2 Å². The van der Waals surface area contributed by atoms with Crippen LogP contribution < -0.4 is 5.32 Å². The van der Waals surface area contributed by atoms with E-state index in [1.165, 1.54) is 6.42 Å². The molecule has 0 saturated heterocycles. The summed E-state index contributed by atoms with van der Waals surface area (Å²) in [6.45, 7) is 2.13. The quantitative estimate of drug-likeness (QED) is 0.582. The van der Waals surface area contributed by atoms with Gasteiger partial charge in [-0.15, -0.1) is 0 Å². The van der Waals surface area contributed by atoms with E-state index in [0.717, 1.165) is 38.8 Å². The minimum atomic E-state index is 0.0765. The molecule has 0 unspecified atom stereocenters. The average Bonchev–Trinajstić information content (AvgIpc) is 2.09. The van der Waals surface area contributed by atoms with E-state index >= 15 is 0 Å². The Morgan fingerprint density at radius 1 is 1.38 bits per heavy atom. The summed E-state index contributed by atoms with van der Waals surface area (Å²) in [6, 6.07) is 0. The zero-order chi connectivity index (χ0) is 9.57. The third-order valence-corrected chi connectivity index (χ3v) is 2.89. The zero-order valence-corrected chi connectivity index (χ0v) is 8.51. The van der Waals surface area contributed by atoms with Crippen LogP contribution in [0.25, 0.3) is 0 Å². The molecule has 1 aliphatic rings. The fraction of sp³-hybridized carbons (Fsp3) is 1.00. The van der Waals surface area contributed by atoms with Crippen molar-refractivity contribution in [3.05, 3.63) is 0 Å². The smallest absolute Gasteiger partial charge is 0.0613 e. The van der Waals surface area contributed by atoms with Gasteiger partial charge in [0, 0.05) is 19.3 Å². The molecule has 3 heteroatoms. The van der Waals surface area contributed by atoms with Gasteiger partial charge >= 0.3 is 0 Å². The first kappa shape index (κ1) is 11.0. The average molecular weight is 187 g/mol. The summed E-state index contributed by atoms with van der Waals surface area (Å²) in [4.78, 5) is 0. The maximum absolute atomic E-state index is 9.15. The van der Waals surface area contributed by atoms with Crippen molar-refractivity contribution in [2.75, 3.05) is 26.9 Å². The number of nitrogens with one attached hydrogen (secondary N) is 1. The van der Waals surface area contributed by atoms with Crippen LogP contribution in [0.3, 0.4) is 0 Å². The number of ether oxygens (including phenoxy) is 1. The van der Waals surface area contributed by atoms with Crippen LogP contribution in [-0.4, -0.2) is 37.5 Å². The lowest BCUT2D eigenvalue weighted by molar-refractivity contribution is 0.0877. The van der Waals surface area contributed by atoms with Gasteiger partial charge in [-0.05, 0) is 38.6 Å². The molecule has 78 valence electrons. The van der Waals surface area contributed by atoms with Gasteiger partial charge in [-0.1, -0.05) is 0 Å². The third kappa shape index (κ3) is 3.25. The van der Waals surface area contributed by atoms with Crippen molar-refractivity contribution in [2.45, 2.75) is 37.6 Å². The van der Waals surface area contributed by atoms with E-state index in [2.05, 4.69) is 5.32 Å². The van der Waals surface area contributed by atoms with E-state index in [1.807, 2.05) is 0 Å². The Morgan fingerprint density at radius 2 is 2.15 bits per heavy atom. The van der Waals surface area contributed by atoms with Gasteiger partial charge in [0.1, 0.15) is 0 Å². The van der Waals surface area contributed by atoms with Gasteiger partial charge in [0.15, 0.2) is 0 Å². The highest BCUT2D eigenvalue weighted by Gasteiger charge is 2.35. The molecule has 2 N–H and O–H groups in total. The molecule has 0 atom stereocenters. The second-order valence-corrected chi connectivity index (χ2v) is 3.92. The molecule has 0 spiro atoms. The molecule has 0 aromatic rings. The minimum absolute atomic E-state index is 0.0765. The maximum atomic E-state index is 9.15. The van der Waals surface area contributed by atoms with E-state index in [-0.39, 0.29) is 12.1 Å². The van der Waals surface area contributed by atoms with Gasteiger partial charge in [-0.2, -0.15) is 0 Å². The second kappa shape index (κ2) is 5.58. The molecule has 3 nitrogen and oxygen atoms in total. The summed E-state index contributed by atoms with van der Waals surface area (Å²) in [7, 11) is 1.73. The molecule has 1 rings (SSSR count). The first-order valence-corrected chi connectivity index (χ1v) is 5.18. The van der Waals surface area contributed by atoms with E-state index in [1.54, 1.807) is 7.11 Å². The highest BCUT2D eigenvalue weighted by molar-refractivity contribution is 4.95. The number of aliphatic hydroxyl groups is 1. The molecule has 0 aromatic heterocycles. The lowest BCUT2D eigenvalue weighted by atomic mass is 9.77. The van der Waals surface area contributed by atoms with Gasteiger partial charge in [0.05, 0.1) is 6.61 Å². The number of aliphatic hydroxyl groups excluding tert-OH is 1. The number of hydrogen-bond donors (Lipinski definition) is 2. The molecule has 0 aromatic carbocycles. The molecule has 0 aliphatic heterocycles. The van der Waals surface area contributed by atoms with Crippen LogP contribution in [0, 0.1) is 0 Å². The Morgan fingerprint density at radius 3 is 2.62 bits per heavy atom. The van der Waals surface area contributed by atoms with Crippen LogP contribution in [0.15, 0.2) is 0 Å². The molecular weight excluding hydrogens is 166 g/mol. The van der Waals surface area contributed by atoms with Gasteiger partial charge in [0.25, 0.3) is 0 Å². The predicted octanol–water partition coefficient (Wildman–Crippen LogP) is 0.918. The van der Waals surface area contributed by atoms with Crippen molar-refractivity contribution in [3.8, 4) is 0 Å². The van der Waals surface area contributed by atoms with E-state index in [4.69, 9.17) is 9.84 Å². The van der Waals surface area contributed by atoms with Crippen LogP contribution >= 0.6 is 0 Å². The van der Waals surface area contributed by atoms with Crippen LogP contribution in [0.1, 0.15) is 32.1 Å². The summed E-state index contributed by atoms with van der Waals surface area (Å²) in [5.74, 6) is 0. The van der Waals surface area contributed by atoms with Gasteiger partial charge in [0.2, 0.25) is 0 Å². The third-order valence-electron chi connectivity index (χ3n) is 2.89. The maximum Gasteiger partial charge on any atom is 0.0613 e. The summed E-state index contributed by atoms with van der Waals surface area (Å²) < 4.78 is 4.96. The topological polar surface area (TPSA) is 41.5 Å². The first-order valence-electron chi connectivity index (χ1n) is 5.18. The summed E-state index contributed by atoms with van der Waals surface area (Å²) in [5, 5.41) is 12.6. The van der Waals surface area contributed by atoms with Gasteiger partial charge in [-0.25, -0.2) is 0 Å². The highest BCUT2D eigenvalue weighted by atomic mass is 16.5. The minimum Gasteiger partial charge on any atom is -0.394 e. The van der Waals surface area contributed by atoms with Crippen molar-refractivity contribution in [1.82, 2.24) is 5.32 Å². The Hall–Kier alpha value is -0.120. The number of hydrogen-bond acceptors (Lipinski definition) is 3. The SMILES string of the molecule is COCCCCNC1(CO)CCC1. The first-order chi connectivity index (χ1) is 6.33. The summed E-state index contributed by atoms with van der Waals surface area (Å²) >= 11 is 0. The van der Waals surface area contributed by atoms with Gasteiger partial charge in [-0.3, -0.25) is 0 Å². The van der Waals surface area contributed by atoms with Crippen LogP contribution in [-0.2, 0) is 4.74 Å². The lowest BCUT2D eigenvalue weighted by Gasteiger charge is -2.41. The number of methoxy groups -OCH3 is 1. The molecular formula is C10H21NO2. The lowest BCUT2D eigenvalue weighted by Crippen LogP contribution is -2.54. The Labute approximate surface area is 80.5 Å². The highest BCUT2D eigenvalue weighted by Crippen LogP contribution is 2.30. The Bertz CT molecular complexity index is 129. The van der Waals surface area contributed by atoms with E-state index in [9.17, 15) is 0 Å². The fourth-order valence-electron chi connectivity index (χ4n) is 1.72. The molecule has 0 heterocycles. The number of unbranched alkanes of at least 4 members (excludes halogenated alkanes) is 1. The predicted molar refractivity (Wildman–Crippen MR) is 52.8 cm³/mol. The van der Waals surface area contributed by atoms with Crippen LogP contribution in [0.2, 0.25) is 0 Å². The fourth-order valence-corrected chi connectivity index (χ4v) is 1.72. The van der Waals surface area contributed by atoms with Crippen molar-refractivity contribution in [3.63, 3.8) is 0 Å². The Kier molecular flexibility index (Phi) is 4.70. The van der Waals surface area contributed by atoms with Crippen molar-refractivity contribution < 1.29 is 9.84 Å². The molecule has 0 amide bonds. The molecule has 0 bridgehead atoms. The monoisotopic (exact) mass is 187 g/mol. The van der Waals surface area contributed by atoms with Crippen LogP contribution in [0.5, 0.6) is 0 Å².